The van der Waals surface area contributed by atoms with E-state index in [0.29, 0.717) is 24.0 Å². The van der Waals surface area contributed by atoms with Crippen molar-refractivity contribution in [3.63, 3.8) is 0 Å². The van der Waals surface area contributed by atoms with Crippen LogP contribution in [0, 0.1) is 13.8 Å². The number of hydrogen-bond acceptors (Lipinski definition) is 4. The number of benzene rings is 1. The van der Waals surface area contributed by atoms with Gasteiger partial charge >= 0.3 is 5.97 Å². The summed E-state index contributed by atoms with van der Waals surface area (Å²) >= 11 is 0. The molecule has 0 heterocycles. The number of carbonyl (C=O) groups excluding carboxylic acids is 1. The molecule has 0 aliphatic heterocycles. The SMILES string of the molecule is Cc1cc(S(C)(=O)=O)cc(C(=O)NC2(C(=O)O)CCCC2)c1C. The number of sulfone groups is 1. The Labute approximate surface area is 135 Å². The lowest BCUT2D eigenvalue weighted by molar-refractivity contribution is -0.144. The third-order valence-electron chi connectivity index (χ3n) is 4.53. The van der Waals surface area contributed by atoms with E-state index in [1.54, 1.807) is 13.8 Å². The minimum absolute atomic E-state index is 0.0570. The zero-order valence-corrected chi connectivity index (χ0v) is 14.3. The van der Waals surface area contributed by atoms with E-state index < -0.39 is 27.3 Å². The van der Waals surface area contributed by atoms with Crippen LogP contribution in [0.5, 0.6) is 0 Å². The highest BCUT2D eigenvalue weighted by Crippen LogP contribution is 2.31. The summed E-state index contributed by atoms with van der Waals surface area (Å²) in [7, 11) is -3.45. The first kappa shape index (κ1) is 17.5. The maximum absolute atomic E-state index is 12.6. The first-order valence-corrected chi connectivity index (χ1v) is 9.33. The summed E-state index contributed by atoms with van der Waals surface area (Å²) < 4.78 is 23.5. The van der Waals surface area contributed by atoms with Crippen LogP contribution in [0.25, 0.3) is 0 Å². The van der Waals surface area contributed by atoms with Crippen LogP contribution in [-0.2, 0) is 14.6 Å². The molecule has 1 amide bonds. The Bertz CT molecular complexity index is 761. The number of nitrogens with one attached hydrogen (secondary N) is 1. The molecule has 1 fully saturated rings. The predicted octanol–water partition coefficient (Wildman–Crippen LogP) is 1.83. The molecule has 1 saturated carbocycles. The third kappa shape index (κ3) is 3.39. The van der Waals surface area contributed by atoms with Crippen LogP contribution in [0.15, 0.2) is 17.0 Å². The van der Waals surface area contributed by atoms with E-state index in [1.807, 2.05) is 0 Å². The maximum atomic E-state index is 12.6. The van der Waals surface area contributed by atoms with Gasteiger partial charge in [-0.25, -0.2) is 13.2 Å². The Balaban J connectivity index is 2.43. The number of aliphatic carboxylic acids is 1. The van der Waals surface area contributed by atoms with Gasteiger partial charge in [0.2, 0.25) is 0 Å². The van der Waals surface area contributed by atoms with E-state index >= 15 is 0 Å². The third-order valence-corrected chi connectivity index (χ3v) is 5.62. The standard InChI is InChI=1S/C16H21NO5S/c1-10-8-12(23(3,21)22)9-13(11(10)2)14(18)17-16(15(19)20)6-4-5-7-16/h8-9H,4-7H2,1-3H3,(H,17,18)(H,19,20). The Morgan fingerprint density at radius 1 is 1.17 bits per heavy atom. The summed E-state index contributed by atoms with van der Waals surface area (Å²) in [5.41, 5.74) is 0.277. The molecule has 6 nitrogen and oxygen atoms in total. The highest BCUT2D eigenvalue weighted by atomic mass is 32.2. The van der Waals surface area contributed by atoms with Gasteiger partial charge in [0, 0.05) is 11.8 Å². The van der Waals surface area contributed by atoms with Gasteiger partial charge in [-0.15, -0.1) is 0 Å². The lowest BCUT2D eigenvalue weighted by atomic mass is 9.96. The smallest absolute Gasteiger partial charge is 0.329 e. The number of carbonyl (C=O) groups is 2. The normalized spacial score (nSPS) is 17.0. The van der Waals surface area contributed by atoms with E-state index in [0.717, 1.165) is 19.1 Å². The molecular weight excluding hydrogens is 318 g/mol. The fourth-order valence-electron chi connectivity index (χ4n) is 2.93. The number of hydrogen-bond donors (Lipinski definition) is 2. The van der Waals surface area contributed by atoms with Crippen molar-refractivity contribution in [1.82, 2.24) is 5.32 Å². The second-order valence-electron chi connectivity index (χ2n) is 6.23. The van der Waals surface area contributed by atoms with Crippen LogP contribution < -0.4 is 5.32 Å². The van der Waals surface area contributed by atoms with E-state index in [-0.39, 0.29) is 10.5 Å². The molecule has 0 atom stereocenters. The fraction of sp³-hybridized carbons (Fsp3) is 0.500. The molecule has 1 aliphatic carbocycles. The van der Waals surface area contributed by atoms with E-state index in [2.05, 4.69) is 5.32 Å². The van der Waals surface area contributed by atoms with Gasteiger partial charge in [0.25, 0.3) is 5.91 Å². The summed E-state index contributed by atoms with van der Waals surface area (Å²) in [5.74, 6) is -1.59. The summed E-state index contributed by atoms with van der Waals surface area (Å²) in [6, 6.07) is 2.83. The van der Waals surface area contributed by atoms with Gasteiger partial charge in [0.1, 0.15) is 5.54 Å². The van der Waals surface area contributed by atoms with Crippen LogP contribution in [0.2, 0.25) is 0 Å². The van der Waals surface area contributed by atoms with E-state index in [9.17, 15) is 23.1 Å². The van der Waals surface area contributed by atoms with Crippen molar-refractivity contribution in [3.05, 3.63) is 28.8 Å². The topological polar surface area (TPSA) is 101 Å². The van der Waals surface area contributed by atoms with Crippen LogP contribution in [0.3, 0.4) is 0 Å². The van der Waals surface area contributed by atoms with Gasteiger partial charge in [-0.3, -0.25) is 4.79 Å². The van der Waals surface area contributed by atoms with Gasteiger partial charge in [0.05, 0.1) is 4.90 Å². The molecule has 2 rings (SSSR count). The lowest BCUT2D eigenvalue weighted by Gasteiger charge is -2.26. The molecule has 2 N–H and O–H groups in total. The molecule has 23 heavy (non-hydrogen) atoms. The first-order chi connectivity index (χ1) is 10.6. The van der Waals surface area contributed by atoms with Crippen molar-refractivity contribution >= 4 is 21.7 Å². The molecular formula is C16H21NO5S. The predicted molar refractivity (Wildman–Crippen MR) is 85.3 cm³/mol. The summed E-state index contributed by atoms with van der Waals surface area (Å²) in [4.78, 5) is 24.2. The minimum atomic E-state index is -3.45. The van der Waals surface area contributed by atoms with Crippen LogP contribution in [0.1, 0.15) is 47.2 Å². The monoisotopic (exact) mass is 339 g/mol. The molecule has 1 aliphatic rings. The average Bonchev–Trinajstić information content (AvgIpc) is 2.90. The first-order valence-electron chi connectivity index (χ1n) is 7.44. The number of amides is 1. The Morgan fingerprint density at radius 2 is 1.74 bits per heavy atom. The van der Waals surface area contributed by atoms with Crippen molar-refractivity contribution < 1.29 is 23.1 Å². The van der Waals surface area contributed by atoms with Crippen molar-refractivity contribution in [2.45, 2.75) is 50.0 Å². The second-order valence-corrected chi connectivity index (χ2v) is 8.25. The van der Waals surface area contributed by atoms with Crippen molar-refractivity contribution in [3.8, 4) is 0 Å². The van der Waals surface area contributed by atoms with Crippen molar-refractivity contribution in [2.24, 2.45) is 0 Å². The van der Waals surface area contributed by atoms with Gasteiger partial charge in [-0.1, -0.05) is 12.8 Å². The molecule has 126 valence electrons. The average molecular weight is 339 g/mol. The molecule has 0 radical (unpaired) electrons. The summed E-state index contributed by atoms with van der Waals surface area (Å²) in [5, 5.41) is 12.1. The molecule has 7 heteroatoms. The highest BCUT2D eigenvalue weighted by molar-refractivity contribution is 7.90. The summed E-state index contributed by atoms with van der Waals surface area (Å²) in [6.07, 6.45) is 3.34. The maximum Gasteiger partial charge on any atom is 0.329 e. The quantitative estimate of drug-likeness (QED) is 0.871. The van der Waals surface area contributed by atoms with Gasteiger partial charge in [-0.05, 0) is 49.9 Å². The van der Waals surface area contributed by atoms with Gasteiger partial charge in [-0.2, -0.15) is 0 Å². The number of carboxylic acid groups (broad SMARTS) is 1. The molecule has 0 spiro atoms. The number of rotatable bonds is 4. The van der Waals surface area contributed by atoms with Crippen LogP contribution >= 0.6 is 0 Å². The van der Waals surface area contributed by atoms with Gasteiger partial charge < -0.3 is 10.4 Å². The molecule has 1 aromatic carbocycles. The fourth-order valence-corrected chi connectivity index (χ4v) is 3.65. The van der Waals surface area contributed by atoms with Crippen molar-refractivity contribution in [2.75, 3.05) is 6.26 Å². The van der Waals surface area contributed by atoms with Gasteiger partial charge in [0.15, 0.2) is 9.84 Å². The largest absolute Gasteiger partial charge is 0.480 e. The Kier molecular flexibility index (Phi) is 4.52. The zero-order valence-electron chi connectivity index (χ0n) is 13.5. The molecule has 0 aromatic heterocycles. The van der Waals surface area contributed by atoms with Crippen LogP contribution in [0.4, 0.5) is 0 Å². The lowest BCUT2D eigenvalue weighted by Crippen LogP contribution is -2.52. The molecule has 0 bridgehead atoms. The Hall–Kier alpha value is -1.89. The van der Waals surface area contributed by atoms with E-state index in [4.69, 9.17) is 0 Å². The zero-order chi connectivity index (χ0) is 17.4. The minimum Gasteiger partial charge on any atom is -0.480 e. The van der Waals surface area contributed by atoms with Crippen molar-refractivity contribution in [1.29, 1.82) is 0 Å². The molecule has 1 aromatic rings. The second kappa shape index (κ2) is 5.96. The Morgan fingerprint density at radius 3 is 2.22 bits per heavy atom. The van der Waals surface area contributed by atoms with Crippen LogP contribution in [-0.4, -0.2) is 37.2 Å². The number of carboxylic acids is 1. The molecule has 0 unspecified atom stereocenters. The van der Waals surface area contributed by atoms with E-state index in [1.165, 1.54) is 12.1 Å². The number of aryl methyl sites for hydroxylation is 1. The summed E-state index contributed by atoms with van der Waals surface area (Å²) in [6.45, 7) is 3.45. The highest BCUT2D eigenvalue weighted by Gasteiger charge is 2.43. The molecule has 0 saturated heterocycles.